The van der Waals surface area contributed by atoms with E-state index < -0.39 is 17.6 Å². The number of piperidine rings is 1. The van der Waals surface area contributed by atoms with Crippen LogP contribution in [0.15, 0.2) is 72.8 Å². The van der Waals surface area contributed by atoms with Gasteiger partial charge in [-0.1, -0.05) is 74.6 Å². The molecule has 54 heavy (non-hydrogen) atoms. The Balaban J connectivity index is 1.13. The van der Waals surface area contributed by atoms with Gasteiger partial charge in [-0.25, -0.2) is 4.79 Å². The maximum absolute atomic E-state index is 14.3. The van der Waals surface area contributed by atoms with Gasteiger partial charge in [-0.05, 0) is 97.9 Å². The van der Waals surface area contributed by atoms with E-state index in [1.54, 1.807) is 6.08 Å². The minimum atomic E-state index is -0.980. The molecule has 0 radical (unpaired) electrons. The third-order valence-corrected chi connectivity index (χ3v) is 12.5. The molecule has 0 bridgehead atoms. The van der Waals surface area contributed by atoms with Crippen LogP contribution in [0.25, 0.3) is 28.2 Å². The Bertz CT molecular complexity index is 2050. The summed E-state index contributed by atoms with van der Waals surface area (Å²) in [5.74, 6) is -0.821. The smallest absolute Gasteiger partial charge is 0.328 e. The molecule has 2 aliphatic heterocycles. The molecule has 3 fully saturated rings. The molecule has 3 heterocycles. The van der Waals surface area contributed by atoms with E-state index in [9.17, 15) is 19.5 Å². The summed E-state index contributed by atoms with van der Waals surface area (Å²) in [7, 11) is 0. The number of carbonyl (C=O) groups excluding carboxylic acids is 2. The summed E-state index contributed by atoms with van der Waals surface area (Å²) in [5, 5.41) is 27.6. The monoisotopic (exact) mass is 728 g/mol. The zero-order valence-electron chi connectivity index (χ0n) is 31.1. The number of aromatic nitrogens is 1. The Morgan fingerprint density at radius 3 is 2.41 bits per heavy atom. The summed E-state index contributed by atoms with van der Waals surface area (Å²) in [4.78, 5) is 41.3. The van der Waals surface area contributed by atoms with Crippen molar-refractivity contribution in [3.05, 3.63) is 95.1 Å². The third kappa shape index (κ3) is 7.43. The van der Waals surface area contributed by atoms with Crippen LogP contribution in [-0.4, -0.2) is 68.7 Å². The van der Waals surface area contributed by atoms with Crippen molar-refractivity contribution in [3.8, 4) is 11.3 Å². The second-order valence-electron chi connectivity index (χ2n) is 16.2. The molecule has 2 unspecified atom stereocenters. The van der Waals surface area contributed by atoms with Crippen LogP contribution in [0.4, 0.5) is 5.69 Å². The van der Waals surface area contributed by atoms with Crippen LogP contribution in [0, 0.1) is 5.92 Å². The molecule has 2 aliphatic carbocycles. The van der Waals surface area contributed by atoms with Gasteiger partial charge in [0.05, 0.1) is 23.3 Å². The number of hydrogen-bond acceptors (Lipinski definition) is 5. The lowest BCUT2D eigenvalue weighted by Crippen LogP contribution is -2.51. The lowest BCUT2D eigenvalue weighted by Gasteiger charge is -2.33. The van der Waals surface area contributed by atoms with Gasteiger partial charge < -0.3 is 30.3 Å². The first kappa shape index (κ1) is 36.1. The average Bonchev–Trinajstić information content (AvgIpc) is 3.73. The van der Waals surface area contributed by atoms with E-state index >= 15 is 0 Å². The first-order chi connectivity index (χ1) is 26.3. The van der Waals surface area contributed by atoms with E-state index in [1.165, 1.54) is 47.0 Å². The molecule has 1 aromatic heterocycles. The molecule has 2 amide bonds. The van der Waals surface area contributed by atoms with Gasteiger partial charge in [0, 0.05) is 60.0 Å². The normalized spacial score (nSPS) is 21.4. The predicted molar refractivity (Wildman–Crippen MR) is 212 cm³/mol. The number of aliphatic hydroxyl groups is 1. The van der Waals surface area contributed by atoms with Crippen molar-refractivity contribution in [1.82, 2.24) is 14.8 Å². The number of carbonyl (C=O) groups is 3. The van der Waals surface area contributed by atoms with E-state index in [0.29, 0.717) is 44.1 Å². The standard InChI is InChI=1S/C45H52N4O5/c50-36-12-8-24-48(28-36)44(54)34-25-32-11-4-5-13-37(32)42-41(31-9-2-1-3-10-31)38-20-17-33(26-39(38)49(42)27-34)43(53)47-45(22-6-7-23-45)29-46-35-18-14-30(15-19-35)16-21-40(51)52/h4-5,11,13-21,26,31,34,36,46,50H,1-3,6-10,12,22-25,27-29H2,(H,47,53)(H,51,52). The first-order valence-corrected chi connectivity index (χ1v) is 20.1. The number of nitrogens with one attached hydrogen (secondary N) is 2. The second kappa shape index (κ2) is 15.5. The largest absolute Gasteiger partial charge is 0.478 e. The molecule has 2 atom stereocenters. The number of fused-ring (bicyclic) bond motifs is 5. The summed E-state index contributed by atoms with van der Waals surface area (Å²) in [6.45, 7) is 2.18. The molecule has 4 aromatic rings. The van der Waals surface area contributed by atoms with Gasteiger partial charge in [0.2, 0.25) is 5.91 Å². The Hall–Kier alpha value is -4.89. The lowest BCUT2D eigenvalue weighted by molar-refractivity contribution is -0.139. The van der Waals surface area contributed by atoms with Crippen molar-refractivity contribution in [1.29, 1.82) is 0 Å². The van der Waals surface area contributed by atoms with E-state index in [0.717, 1.165) is 74.2 Å². The number of benzene rings is 3. The number of likely N-dealkylation sites (tertiary alicyclic amines) is 1. The van der Waals surface area contributed by atoms with E-state index in [-0.39, 0.29) is 17.7 Å². The van der Waals surface area contributed by atoms with Crippen LogP contribution in [0.5, 0.6) is 0 Å². The molecule has 0 spiro atoms. The topological polar surface area (TPSA) is 124 Å². The van der Waals surface area contributed by atoms with Gasteiger partial charge in [-0.2, -0.15) is 0 Å². The van der Waals surface area contributed by atoms with Crippen molar-refractivity contribution < 1.29 is 24.6 Å². The summed E-state index contributed by atoms with van der Waals surface area (Å²) in [5.41, 5.74) is 7.92. The Morgan fingerprint density at radius 1 is 0.870 bits per heavy atom. The second-order valence-corrected chi connectivity index (χ2v) is 16.2. The summed E-state index contributed by atoms with van der Waals surface area (Å²) in [6, 6.07) is 22.4. The molecule has 8 rings (SSSR count). The van der Waals surface area contributed by atoms with Crippen molar-refractivity contribution in [2.45, 2.75) is 101 Å². The molecule has 4 aliphatic rings. The zero-order valence-corrected chi connectivity index (χ0v) is 31.1. The van der Waals surface area contributed by atoms with Gasteiger partial charge in [0.1, 0.15) is 0 Å². The number of anilines is 1. The number of hydrogen-bond donors (Lipinski definition) is 4. The Labute approximate surface area is 317 Å². The number of aliphatic hydroxyl groups excluding tert-OH is 1. The SMILES string of the molecule is O=C(O)C=Cc1ccc(NCC2(NC(=O)c3ccc4c(C5CCCCC5)c5n(c4c3)CC(C(=O)N3CCCC(O)C3)Cc3ccccc3-5)CCCC2)cc1. The number of β-amino-alcohol motifs (C(OH)–C–C–N with tert-alkyl or cyclic N) is 1. The van der Waals surface area contributed by atoms with Crippen LogP contribution >= 0.6 is 0 Å². The Kier molecular flexibility index (Phi) is 10.3. The van der Waals surface area contributed by atoms with Crippen molar-refractivity contribution >= 4 is 40.4 Å². The lowest BCUT2D eigenvalue weighted by atomic mass is 9.81. The number of amides is 2. The third-order valence-electron chi connectivity index (χ3n) is 12.5. The van der Waals surface area contributed by atoms with Crippen LogP contribution in [0.2, 0.25) is 0 Å². The van der Waals surface area contributed by atoms with E-state index in [4.69, 9.17) is 5.11 Å². The first-order valence-electron chi connectivity index (χ1n) is 20.1. The number of carboxylic acid groups (broad SMARTS) is 1. The molecule has 2 saturated carbocycles. The molecule has 9 heteroatoms. The minimum absolute atomic E-state index is 0.0894. The van der Waals surface area contributed by atoms with Crippen molar-refractivity contribution in [2.75, 3.05) is 25.0 Å². The van der Waals surface area contributed by atoms with Crippen molar-refractivity contribution in [3.63, 3.8) is 0 Å². The molecule has 282 valence electrons. The highest BCUT2D eigenvalue weighted by Gasteiger charge is 2.37. The fraction of sp³-hybridized carbons (Fsp3) is 0.444. The fourth-order valence-electron chi connectivity index (χ4n) is 9.72. The highest BCUT2D eigenvalue weighted by molar-refractivity contribution is 6.01. The summed E-state index contributed by atoms with van der Waals surface area (Å²) in [6.07, 6.45) is 14.2. The van der Waals surface area contributed by atoms with Gasteiger partial charge in [-0.15, -0.1) is 0 Å². The molecule has 1 saturated heterocycles. The van der Waals surface area contributed by atoms with Crippen LogP contribution < -0.4 is 10.6 Å². The van der Waals surface area contributed by atoms with E-state index in [1.807, 2.05) is 35.2 Å². The van der Waals surface area contributed by atoms with Crippen molar-refractivity contribution in [2.24, 2.45) is 5.92 Å². The maximum atomic E-state index is 14.3. The average molecular weight is 729 g/mol. The van der Waals surface area contributed by atoms with Gasteiger partial charge in [-0.3, -0.25) is 9.59 Å². The Morgan fingerprint density at radius 2 is 1.65 bits per heavy atom. The molecular weight excluding hydrogens is 677 g/mol. The number of nitrogens with zero attached hydrogens (tertiary/aromatic N) is 2. The fourth-order valence-corrected chi connectivity index (χ4v) is 9.72. The van der Waals surface area contributed by atoms with E-state index in [2.05, 4.69) is 51.6 Å². The molecule has 9 nitrogen and oxygen atoms in total. The van der Waals surface area contributed by atoms with Gasteiger partial charge in [0.25, 0.3) is 5.91 Å². The molecular formula is C45H52N4O5. The number of carboxylic acids is 1. The van der Waals surface area contributed by atoms with Gasteiger partial charge in [0.15, 0.2) is 0 Å². The van der Waals surface area contributed by atoms with Crippen LogP contribution in [0.3, 0.4) is 0 Å². The number of aliphatic carboxylic acids is 1. The summed E-state index contributed by atoms with van der Waals surface area (Å²) < 4.78 is 2.37. The predicted octanol–water partition coefficient (Wildman–Crippen LogP) is 7.76. The highest BCUT2D eigenvalue weighted by atomic mass is 16.4. The van der Waals surface area contributed by atoms with Crippen LogP contribution in [-0.2, 0) is 22.6 Å². The summed E-state index contributed by atoms with van der Waals surface area (Å²) >= 11 is 0. The zero-order chi connectivity index (χ0) is 37.2. The maximum Gasteiger partial charge on any atom is 0.328 e. The van der Waals surface area contributed by atoms with Crippen LogP contribution in [0.1, 0.15) is 104 Å². The van der Waals surface area contributed by atoms with Gasteiger partial charge >= 0.3 is 5.97 Å². The minimum Gasteiger partial charge on any atom is -0.478 e. The molecule has 3 aromatic carbocycles. The number of rotatable bonds is 9. The quantitative estimate of drug-likeness (QED) is 0.131. The molecule has 4 N–H and O–H groups in total. The highest BCUT2D eigenvalue weighted by Crippen LogP contribution is 2.47.